The van der Waals surface area contributed by atoms with Gasteiger partial charge in [-0.2, -0.15) is 0 Å². The second-order valence-electron chi connectivity index (χ2n) is 5.34. The first kappa shape index (κ1) is 15.1. The van der Waals surface area contributed by atoms with Crippen LogP contribution in [-0.4, -0.2) is 29.9 Å². The van der Waals surface area contributed by atoms with Crippen molar-refractivity contribution in [1.82, 2.24) is 10.3 Å². The topological polar surface area (TPSA) is 93.5 Å². The zero-order chi connectivity index (χ0) is 16.2. The van der Waals surface area contributed by atoms with Gasteiger partial charge in [0.25, 0.3) is 0 Å². The van der Waals surface area contributed by atoms with Crippen LogP contribution in [-0.2, 0) is 9.59 Å². The summed E-state index contributed by atoms with van der Waals surface area (Å²) < 4.78 is 10.5. The Morgan fingerprint density at radius 3 is 2.74 bits per heavy atom. The summed E-state index contributed by atoms with van der Waals surface area (Å²) >= 11 is 0. The molecule has 0 bridgehead atoms. The average Bonchev–Trinajstić information content (AvgIpc) is 3.04. The Hall–Kier alpha value is -2.83. The van der Waals surface area contributed by atoms with Gasteiger partial charge in [0.05, 0.1) is 18.9 Å². The van der Waals surface area contributed by atoms with E-state index in [0.29, 0.717) is 22.8 Å². The molecule has 0 atom stereocenters. The Labute approximate surface area is 133 Å². The van der Waals surface area contributed by atoms with Gasteiger partial charge in [0, 0.05) is 17.8 Å². The summed E-state index contributed by atoms with van der Waals surface area (Å²) in [4.78, 5) is 27.6. The van der Waals surface area contributed by atoms with Crippen molar-refractivity contribution >= 4 is 17.5 Å². The highest BCUT2D eigenvalue weighted by Crippen LogP contribution is 2.32. The van der Waals surface area contributed by atoms with Crippen LogP contribution in [0.25, 0.3) is 11.3 Å². The van der Waals surface area contributed by atoms with Crippen molar-refractivity contribution in [2.75, 3.05) is 12.4 Å². The Bertz CT molecular complexity index is 708. The fourth-order valence-corrected chi connectivity index (χ4v) is 2.31. The predicted octanol–water partition coefficient (Wildman–Crippen LogP) is 1.96. The van der Waals surface area contributed by atoms with Crippen LogP contribution < -0.4 is 15.4 Å². The molecule has 2 N–H and O–H groups in total. The van der Waals surface area contributed by atoms with E-state index in [9.17, 15) is 9.59 Å². The number of carbonyl (C=O) groups is 2. The number of carbonyl (C=O) groups excluding carboxylic acids is 2. The number of rotatable bonds is 4. The fraction of sp³-hybridized carbons (Fsp3) is 0.312. The van der Waals surface area contributed by atoms with Gasteiger partial charge in [0.15, 0.2) is 12.2 Å². The van der Waals surface area contributed by atoms with Crippen LogP contribution in [0.15, 0.2) is 35.2 Å². The number of hydrogen-bond donors (Lipinski definition) is 2. The average molecular weight is 315 g/mol. The molecule has 7 nitrogen and oxygen atoms in total. The molecule has 1 aromatic heterocycles. The molecule has 1 heterocycles. The van der Waals surface area contributed by atoms with Gasteiger partial charge in [-0.15, -0.1) is 0 Å². The van der Waals surface area contributed by atoms with Crippen molar-refractivity contribution in [3.63, 3.8) is 0 Å². The lowest BCUT2D eigenvalue weighted by molar-refractivity contribution is -0.136. The van der Waals surface area contributed by atoms with Gasteiger partial charge in [-0.25, -0.2) is 4.98 Å². The minimum Gasteiger partial charge on any atom is -0.496 e. The lowest BCUT2D eigenvalue weighted by atomic mass is 9.93. The second kappa shape index (κ2) is 6.51. The molecule has 1 aliphatic rings. The van der Waals surface area contributed by atoms with Gasteiger partial charge in [-0.05, 0) is 31.4 Å². The maximum absolute atomic E-state index is 11.9. The second-order valence-corrected chi connectivity index (χ2v) is 5.34. The summed E-state index contributed by atoms with van der Waals surface area (Å²) in [7, 11) is 1.52. The van der Waals surface area contributed by atoms with Gasteiger partial charge >= 0.3 is 11.8 Å². The van der Waals surface area contributed by atoms with E-state index in [-0.39, 0.29) is 6.04 Å². The number of ether oxygens (including phenoxy) is 1. The minimum absolute atomic E-state index is 0.122. The van der Waals surface area contributed by atoms with Crippen molar-refractivity contribution in [1.29, 1.82) is 0 Å². The van der Waals surface area contributed by atoms with E-state index in [0.717, 1.165) is 19.3 Å². The van der Waals surface area contributed by atoms with Gasteiger partial charge in [0.2, 0.25) is 0 Å². The molecule has 0 unspecified atom stereocenters. The molecule has 1 aromatic carbocycles. The third-order valence-electron chi connectivity index (χ3n) is 3.80. The molecule has 0 spiro atoms. The first-order valence-corrected chi connectivity index (χ1v) is 7.36. The molecule has 1 aliphatic carbocycles. The summed E-state index contributed by atoms with van der Waals surface area (Å²) in [5.41, 5.74) is 1.18. The molecule has 23 heavy (non-hydrogen) atoms. The van der Waals surface area contributed by atoms with Crippen LogP contribution in [0.2, 0.25) is 0 Å². The predicted molar refractivity (Wildman–Crippen MR) is 82.9 cm³/mol. The number of aromatic nitrogens is 1. The first-order chi connectivity index (χ1) is 11.2. The number of anilines is 1. The van der Waals surface area contributed by atoms with Crippen LogP contribution in [0, 0.1) is 0 Å². The van der Waals surface area contributed by atoms with E-state index in [4.69, 9.17) is 9.15 Å². The van der Waals surface area contributed by atoms with Gasteiger partial charge in [-0.1, -0.05) is 0 Å². The largest absolute Gasteiger partial charge is 0.496 e. The number of amides is 2. The molecule has 1 fully saturated rings. The summed E-state index contributed by atoms with van der Waals surface area (Å²) in [5.74, 6) is -0.235. The van der Waals surface area contributed by atoms with E-state index in [1.807, 2.05) is 0 Å². The zero-order valence-electron chi connectivity index (χ0n) is 12.7. The van der Waals surface area contributed by atoms with Crippen molar-refractivity contribution in [3.05, 3.63) is 30.8 Å². The molecule has 0 saturated heterocycles. The molecule has 0 radical (unpaired) electrons. The van der Waals surface area contributed by atoms with Crippen molar-refractivity contribution in [2.45, 2.75) is 25.3 Å². The SMILES string of the molecule is COc1cc(NC(=O)C(=O)NC2CCC2)ccc1-c1cnco1. The Morgan fingerprint density at radius 2 is 2.13 bits per heavy atom. The molecule has 7 heteroatoms. The first-order valence-electron chi connectivity index (χ1n) is 7.36. The zero-order valence-corrected chi connectivity index (χ0v) is 12.7. The Kier molecular flexibility index (Phi) is 4.27. The molecular weight excluding hydrogens is 298 g/mol. The summed E-state index contributed by atoms with van der Waals surface area (Å²) in [5, 5.41) is 5.26. The van der Waals surface area contributed by atoms with E-state index in [2.05, 4.69) is 15.6 Å². The molecule has 120 valence electrons. The fourth-order valence-electron chi connectivity index (χ4n) is 2.31. The van der Waals surface area contributed by atoms with E-state index < -0.39 is 11.8 Å². The van der Waals surface area contributed by atoms with Gasteiger partial charge < -0.3 is 19.8 Å². The smallest absolute Gasteiger partial charge is 0.313 e. The quantitative estimate of drug-likeness (QED) is 0.841. The third kappa shape index (κ3) is 3.33. The normalized spacial score (nSPS) is 14.0. The Balaban J connectivity index is 1.70. The summed E-state index contributed by atoms with van der Waals surface area (Å²) in [6.45, 7) is 0. The number of oxazole rings is 1. The maximum atomic E-state index is 11.9. The number of methoxy groups -OCH3 is 1. The highest BCUT2D eigenvalue weighted by atomic mass is 16.5. The maximum Gasteiger partial charge on any atom is 0.313 e. The highest BCUT2D eigenvalue weighted by Gasteiger charge is 2.23. The molecule has 3 rings (SSSR count). The molecule has 0 aliphatic heterocycles. The number of nitrogens with one attached hydrogen (secondary N) is 2. The van der Waals surface area contributed by atoms with E-state index in [1.54, 1.807) is 24.4 Å². The van der Waals surface area contributed by atoms with Gasteiger partial charge in [-0.3, -0.25) is 9.59 Å². The lowest BCUT2D eigenvalue weighted by Crippen LogP contribution is -2.44. The van der Waals surface area contributed by atoms with Crippen LogP contribution in [0.4, 0.5) is 5.69 Å². The Morgan fingerprint density at radius 1 is 1.30 bits per heavy atom. The number of nitrogens with zero attached hydrogens (tertiary/aromatic N) is 1. The van der Waals surface area contributed by atoms with Crippen LogP contribution in [0.3, 0.4) is 0 Å². The van der Waals surface area contributed by atoms with Crippen molar-refractivity contribution < 1.29 is 18.7 Å². The van der Waals surface area contributed by atoms with E-state index in [1.165, 1.54) is 13.5 Å². The lowest BCUT2D eigenvalue weighted by Gasteiger charge is -2.25. The highest BCUT2D eigenvalue weighted by molar-refractivity contribution is 6.39. The third-order valence-corrected chi connectivity index (χ3v) is 3.80. The van der Waals surface area contributed by atoms with Crippen LogP contribution >= 0.6 is 0 Å². The van der Waals surface area contributed by atoms with Crippen molar-refractivity contribution in [2.24, 2.45) is 0 Å². The molecule has 1 saturated carbocycles. The van der Waals surface area contributed by atoms with Gasteiger partial charge in [0.1, 0.15) is 5.75 Å². The minimum atomic E-state index is -0.689. The van der Waals surface area contributed by atoms with Crippen LogP contribution in [0.5, 0.6) is 5.75 Å². The van der Waals surface area contributed by atoms with Crippen molar-refractivity contribution in [3.8, 4) is 17.1 Å². The molecular formula is C16H17N3O4. The number of benzene rings is 1. The molecule has 2 aromatic rings. The van der Waals surface area contributed by atoms with E-state index >= 15 is 0 Å². The summed E-state index contributed by atoms with van der Waals surface area (Å²) in [6.07, 6.45) is 5.85. The number of hydrogen-bond acceptors (Lipinski definition) is 5. The molecule has 2 amide bonds. The summed E-state index contributed by atoms with van der Waals surface area (Å²) in [6, 6.07) is 5.16. The standard InChI is InChI=1S/C16H17N3O4/c1-22-13-7-11(5-6-12(13)14-8-17-9-23-14)19-16(21)15(20)18-10-3-2-4-10/h5-10H,2-4H2,1H3,(H,18,20)(H,19,21). The van der Waals surface area contributed by atoms with Crippen LogP contribution in [0.1, 0.15) is 19.3 Å². The monoisotopic (exact) mass is 315 g/mol.